The Morgan fingerprint density at radius 2 is 1.90 bits per heavy atom. The predicted octanol–water partition coefficient (Wildman–Crippen LogP) is 1.48. The Balaban J connectivity index is 2.40. The summed E-state index contributed by atoms with van der Waals surface area (Å²) >= 11 is 3.32. The quantitative estimate of drug-likeness (QED) is 0.830. The SMILES string of the molecule is CC1(C)C(=O)NCCN1S(=O)(=O)c1ccc(CBr)cc1. The van der Waals surface area contributed by atoms with Crippen molar-refractivity contribution in [3.05, 3.63) is 29.8 Å². The standard InChI is InChI=1S/C13H17BrN2O3S/c1-13(2)12(17)15-7-8-16(13)20(18,19)11-5-3-10(9-14)4-6-11/h3-6H,7-9H2,1-2H3,(H,15,17). The Hall–Kier alpha value is -0.920. The number of rotatable bonds is 3. The second-order valence-corrected chi connectivity index (χ2v) is 7.59. The van der Waals surface area contributed by atoms with Crippen LogP contribution in [0.5, 0.6) is 0 Å². The third-order valence-electron chi connectivity index (χ3n) is 3.45. The summed E-state index contributed by atoms with van der Waals surface area (Å²) in [5, 5.41) is 3.36. The van der Waals surface area contributed by atoms with E-state index in [4.69, 9.17) is 0 Å². The number of sulfonamides is 1. The van der Waals surface area contributed by atoms with Gasteiger partial charge < -0.3 is 5.32 Å². The van der Waals surface area contributed by atoms with E-state index in [9.17, 15) is 13.2 Å². The molecule has 0 spiro atoms. The zero-order chi connectivity index (χ0) is 15.0. The molecule has 1 saturated heterocycles. The summed E-state index contributed by atoms with van der Waals surface area (Å²) in [7, 11) is -3.67. The Kier molecular flexibility index (Phi) is 4.22. The van der Waals surface area contributed by atoms with E-state index in [0.717, 1.165) is 5.56 Å². The van der Waals surface area contributed by atoms with Gasteiger partial charge in [-0.25, -0.2) is 8.42 Å². The van der Waals surface area contributed by atoms with E-state index in [0.29, 0.717) is 11.9 Å². The molecule has 1 aromatic carbocycles. The number of benzene rings is 1. The predicted molar refractivity (Wildman–Crippen MR) is 80.1 cm³/mol. The Bertz CT molecular complexity index is 611. The average molecular weight is 361 g/mol. The molecule has 1 fully saturated rings. The lowest BCUT2D eigenvalue weighted by Crippen LogP contribution is -2.63. The molecule has 0 aliphatic carbocycles. The molecule has 110 valence electrons. The van der Waals surface area contributed by atoms with Crippen molar-refractivity contribution in [2.75, 3.05) is 13.1 Å². The number of hydrogen-bond acceptors (Lipinski definition) is 3. The highest BCUT2D eigenvalue weighted by Gasteiger charge is 2.44. The van der Waals surface area contributed by atoms with E-state index in [1.807, 2.05) is 0 Å². The van der Waals surface area contributed by atoms with E-state index in [2.05, 4.69) is 21.2 Å². The summed E-state index contributed by atoms with van der Waals surface area (Å²) < 4.78 is 26.6. The highest BCUT2D eigenvalue weighted by Crippen LogP contribution is 2.26. The first-order valence-electron chi connectivity index (χ1n) is 6.26. The number of halogens is 1. The van der Waals surface area contributed by atoms with E-state index in [1.54, 1.807) is 38.1 Å². The van der Waals surface area contributed by atoms with Gasteiger partial charge >= 0.3 is 0 Å². The summed E-state index contributed by atoms with van der Waals surface area (Å²) in [6.07, 6.45) is 0. The highest BCUT2D eigenvalue weighted by atomic mass is 79.9. The fourth-order valence-corrected chi connectivity index (χ4v) is 4.30. The lowest BCUT2D eigenvalue weighted by molar-refractivity contribution is -0.131. The van der Waals surface area contributed by atoms with Crippen LogP contribution in [0.3, 0.4) is 0 Å². The molecule has 1 aliphatic heterocycles. The van der Waals surface area contributed by atoms with Crippen LogP contribution in [-0.2, 0) is 20.1 Å². The fourth-order valence-electron chi connectivity index (χ4n) is 2.18. The second kappa shape index (κ2) is 5.46. The maximum Gasteiger partial charge on any atom is 0.244 e. The number of piperazine rings is 1. The van der Waals surface area contributed by atoms with Crippen molar-refractivity contribution < 1.29 is 13.2 Å². The number of nitrogens with zero attached hydrogens (tertiary/aromatic N) is 1. The van der Waals surface area contributed by atoms with Gasteiger partial charge in [-0.1, -0.05) is 28.1 Å². The van der Waals surface area contributed by atoms with Gasteiger partial charge in [0.1, 0.15) is 5.54 Å². The largest absolute Gasteiger partial charge is 0.353 e. The molecule has 7 heteroatoms. The average Bonchev–Trinajstić information content (AvgIpc) is 2.41. The number of carbonyl (C=O) groups is 1. The molecule has 1 N–H and O–H groups in total. The first kappa shape index (κ1) is 15.5. The molecule has 1 amide bonds. The molecule has 0 bridgehead atoms. The minimum Gasteiger partial charge on any atom is -0.353 e. The fraction of sp³-hybridized carbons (Fsp3) is 0.462. The van der Waals surface area contributed by atoms with Gasteiger partial charge in [-0.2, -0.15) is 4.31 Å². The first-order chi connectivity index (χ1) is 9.30. The smallest absolute Gasteiger partial charge is 0.244 e. The molecule has 1 aliphatic rings. The van der Waals surface area contributed by atoms with Crippen LogP contribution in [0, 0.1) is 0 Å². The van der Waals surface area contributed by atoms with Crippen molar-refractivity contribution in [3.63, 3.8) is 0 Å². The minimum absolute atomic E-state index is 0.213. The molecule has 0 atom stereocenters. The summed E-state index contributed by atoms with van der Waals surface area (Å²) in [5.41, 5.74) is -0.0786. The van der Waals surface area contributed by atoms with Gasteiger partial charge in [-0.15, -0.1) is 0 Å². The van der Waals surface area contributed by atoms with Crippen molar-refractivity contribution in [1.82, 2.24) is 9.62 Å². The van der Waals surface area contributed by atoms with Crippen molar-refractivity contribution in [2.45, 2.75) is 29.6 Å². The zero-order valence-corrected chi connectivity index (χ0v) is 13.8. The molecular weight excluding hydrogens is 344 g/mol. The first-order valence-corrected chi connectivity index (χ1v) is 8.82. The third kappa shape index (κ3) is 2.62. The topological polar surface area (TPSA) is 66.5 Å². The maximum absolute atomic E-state index is 12.7. The van der Waals surface area contributed by atoms with Crippen molar-refractivity contribution >= 4 is 31.9 Å². The number of amides is 1. The van der Waals surface area contributed by atoms with E-state index in [1.165, 1.54) is 4.31 Å². The molecule has 0 unspecified atom stereocenters. The molecule has 2 rings (SSSR count). The van der Waals surface area contributed by atoms with Crippen LogP contribution in [0.15, 0.2) is 29.2 Å². The van der Waals surface area contributed by atoms with Gasteiger partial charge in [0.15, 0.2) is 0 Å². The van der Waals surface area contributed by atoms with Crippen LogP contribution >= 0.6 is 15.9 Å². The molecular formula is C13H17BrN2O3S. The van der Waals surface area contributed by atoms with E-state index >= 15 is 0 Å². The van der Waals surface area contributed by atoms with Crippen LogP contribution in [-0.4, -0.2) is 37.3 Å². The van der Waals surface area contributed by atoms with Gasteiger partial charge in [0.05, 0.1) is 4.90 Å². The second-order valence-electron chi connectivity index (χ2n) is 5.17. The molecule has 0 radical (unpaired) electrons. The van der Waals surface area contributed by atoms with E-state index < -0.39 is 15.6 Å². The van der Waals surface area contributed by atoms with Crippen molar-refractivity contribution in [2.24, 2.45) is 0 Å². The van der Waals surface area contributed by atoms with Gasteiger partial charge in [0.25, 0.3) is 0 Å². The number of nitrogens with one attached hydrogen (secondary N) is 1. The zero-order valence-electron chi connectivity index (χ0n) is 11.4. The molecule has 5 nitrogen and oxygen atoms in total. The van der Waals surface area contributed by atoms with E-state index in [-0.39, 0.29) is 17.3 Å². The third-order valence-corrected chi connectivity index (χ3v) is 6.18. The molecule has 1 aromatic rings. The highest BCUT2D eigenvalue weighted by molar-refractivity contribution is 9.08. The Morgan fingerprint density at radius 1 is 1.30 bits per heavy atom. The summed E-state index contributed by atoms with van der Waals surface area (Å²) in [4.78, 5) is 12.1. The van der Waals surface area contributed by atoms with Gasteiger partial charge in [-0.3, -0.25) is 4.79 Å². The lowest BCUT2D eigenvalue weighted by atomic mass is 10.0. The van der Waals surface area contributed by atoms with Gasteiger partial charge in [-0.05, 0) is 31.5 Å². The summed E-state index contributed by atoms with van der Waals surface area (Å²) in [6, 6.07) is 6.68. The monoisotopic (exact) mass is 360 g/mol. The van der Waals surface area contributed by atoms with Crippen LogP contribution in [0.25, 0.3) is 0 Å². The maximum atomic E-state index is 12.7. The minimum atomic E-state index is -3.67. The lowest BCUT2D eigenvalue weighted by Gasteiger charge is -2.39. The van der Waals surface area contributed by atoms with Crippen molar-refractivity contribution in [1.29, 1.82) is 0 Å². The Labute approximate surface area is 127 Å². The summed E-state index contributed by atoms with van der Waals surface area (Å²) in [6.45, 7) is 3.85. The van der Waals surface area contributed by atoms with Gasteiger partial charge in [0, 0.05) is 18.4 Å². The molecule has 20 heavy (non-hydrogen) atoms. The molecule has 0 saturated carbocycles. The number of alkyl halides is 1. The van der Waals surface area contributed by atoms with Gasteiger partial charge in [0.2, 0.25) is 15.9 Å². The Morgan fingerprint density at radius 3 is 2.45 bits per heavy atom. The normalized spacial score (nSPS) is 19.6. The van der Waals surface area contributed by atoms with Crippen LogP contribution in [0.2, 0.25) is 0 Å². The van der Waals surface area contributed by atoms with Crippen LogP contribution in [0.4, 0.5) is 0 Å². The number of hydrogen-bond donors (Lipinski definition) is 1. The van der Waals surface area contributed by atoms with Crippen LogP contribution in [0.1, 0.15) is 19.4 Å². The summed E-state index contributed by atoms with van der Waals surface area (Å²) in [5.74, 6) is -0.274. The number of carbonyl (C=O) groups excluding carboxylic acids is 1. The van der Waals surface area contributed by atoms with Crippen LogP contribution < -0.4 is 5.32 Å². The molecule has 0 aromatic heterocycles. The van der Waals surface area contributed by atoms with Crippen molar-refractivity contribution in [3.8, 4) is 0 Å². The molecule has 1 heterocycles.